The fraction of sp³-hybridized carbons (Fsp3) is 0.667. The Bertz CT molecular complexity index is 562. The molecule has 0 aliphatic heterocycles. The Morgan fingerprint density at radius 1 is 1.22 bits per heavy atom. The standard InChI is InChI=1S/C21H35N3O2.HI/c1-4-22-20(24-17-21(11-7-12-21)13-15-25-3)23-14-10-18-8-6-9-19(16-18)26-5-2;/h6,8-9,16H,4-5,7,10-15,17H2,1-3H3,(H2,22,23,24);1H. The van der Waals surface area contributed by atoms with Crippen LogP contribution in [-0.2, 0) is 11.2 Å². The van der Waals surface area contributed by atoms with Crippen LogP contribution in [0.5, 0.6) is 5.75 Å². The van der Waals surface area contributed by atoms with Gasteiger partial charge in [0.25, 0.3) is 0 Å². The van der Waals surface area contributed by atoms with E-state index in [1.54, 1.807) is 7.11 Å². The third-order valence-corrected chi connectivity index (χ3v) is 5.08. The lowest BCUT2D eigenvalue weighted by atomic mass is 9.67. The SMILES string of the molecule is CCNC(=NCC1(CCOC)CCC1)NCCc1cccc(OCC)c1.I. The van der Waals surface area contributed by atoms with Gasteiger partial charge >= 0.3 is 0 Å². The maximum atomic E-state index is 5.57. The summed E-state index contributed by atoms with van der Waals surface area (Å²) in [5, 5.41) is 6.82. The molecule has 0 spiro atoms. The summed E-state index contributed by atoms with van der Waals surface area (Å²) in [4.78, 5) is 4.85. The summed E-state index contributed by atoms with van der Waals surface area (Å²) < 4.78 is 10.9. The first-order valence-corrected chi connectivity index (χ1v) is 9.94. The number of nitrogens with zero attached hydrogens (tertiary/aromatic N) is 1. The van der Waals surface area contributed by atoms with E-state index in [1.165, 1.54) is 24.8 Å². The lowest BCUT2D eigenvalue weighted by Crippen LogP contribution is -2.41. The number of methoxy groups -OCH3 is 1. The highest BCUT2D eigenvalue weighted by atomic mass is 127. The maximum absolute atomic E-state index is 5.57. The number of aliphatic imine (C=N–C) groups is 1. The number of guanidine groups is 1. The Hall–Kier alpha value is -1.02. The zero-order chi connectivity index (χ0) is 18.7. The van der Waals surface area contributed by atoms with Crippen molar-refractivity contribution in [1.29, 1.82) is 0 Å². The first kappa shape index (κ1) is 24.0. The number of nitrogens with one attached hydrogen (secondary N) is 2. The maximum Gasteiger partial charge on any atom is 0.191 e. The van der Waals surface area contributed by atoms with Gasteiger partial charge in [-0.3, -0.25) is 4.99 Å². The quantitative estimate of drug-likeness (QED) is 0.280. The Labute approximate surface area is 181 Å². The highest BCUT2D eigenvalue weighted by Crippen LogP contribution is 2.44. The average molecular weight is 489 g/mol. The largest absolute Gasteiger partial charge is 0.494 e. The summed E-state index contributed by atoms with van der Waals surface area (Å²) in [6, 6.07) is 8.31. The molecule has 2 N–H and O–H groups in total. The fourth-order valence-electron chi connectivity index (χ4n) is 3.35. The highest BCUT2D eigenvalue weighted by molar-refractivity contribution is 14.0. The van der Waals surface area contributed by atoms with Gasteiger partial charge in [0.15, 0.2) is 5.96 Å². The molecule has 5 nitrogen and oxygen atoms in total. The molecule has 0 radical (unpaired) electrons. The van der Waals surface area contributed by atoms with Crippen LogP contribution in [0.1, 0.15) is 45.1 Å². The molecule has 1 aliphatic carbocycles. The molecular formula is C21H36IN3O2. The number of hydrogen-bond acceptors (Lipinski definition) is 3. The molecule has 0 unspecified atom stereocenters. The van der Waals surface area contributed by atoms with Crippen molar-refractivity contribution in [2.75, 3.05) is 40.0 Å². The van der Waals surface area contributed by atoms with Crippen LogP contribution in [0.25, 0.3) is 0 Å². The molecule has 1 saturated carbocycles. The van der Waals surface area contributed by atoms with E-state index >= 15 is 0 Å². The van der Waals surface area contributed by atoms with E-state index < -0.39 is 0 Å². The number of benzene rings is 1. The van der Waals surface area contributed by atoms with Crippen LogP contribution >= 0.6 is 24.0 Å². The zero-order valence-electron chi connectivity index (χ0n) is 17.1. The van der Waals surface area contributed by atoms with E-state index in [9.17, 15) is 0 Å². The molecule has 0 aromatic heterocycles. The van der Waals surface area contributed by atoms with Crippen molar-refractivity contribution in [3.8, 4) is 5.75 Å². The van der Waals surface area contributed by atoms with Crippen LogP contribution in [-0.4, -0.2) is 45.9 Å². The van der Waals surface area contributed by atoms with Gasteiger partial charge in [0.05, 0.1) is 6.61 Å². The van der Waals surface area contributed by atoms with E-state index in [2.05, 4.69) is 35.8 Å². The van der Waals surface area contributed by atoms with Gasteiger partial charge in [-0.2, -0.15) is 0 Å². The summed E-state index contributed by atoms with van der Waals surface area (Å²) in [7, 11) is 1.78. The lowest BCUT2D eigenvalue weighted by Gasteiger charge is -2.40. The second-order valence-corrected chi connectivity index (χ2v) is 7.05. The van der Waals surface area contributed by atoms with Gasteiger partial charge in [0.1, 0.15) is 5.75 Å². The van der Waals surface area contributed by atoms with Gasteiger partial charge in [-0.1, -0.05) is 18.6 Å². The van der Waals surface area contributed by atoms with E-state index in [4.69, 9.17) is 14.5 Å². The third kappa shape index (κ3) is 8.25. The van der Waals surface area contributed by atoms with Crippen molar-refractivity contribution in [3.05, 3.63) is 29.8 Å². The van der Waals surface area contributed by atoms with E-state index in [-0.39, 0.29) is 24.0 Å². The highest BCUT2D eigenvalue weighted by Gasteiger charge is 2.36. The molecular weight excluding hydrogens is 453 g/mol. The zero-order valence-corrected chi connectivity index (χ0v) is 19.4. The molecule has 0 heterocycles. The van der Waals surface area contributed by atoms with Gasteiger partial charge in [-0.15, -0.1) is 24.0 Å². The second-order valence-electron chi connectivity index (χ2n) is 7.05. The van der Waals surface area contributed by atoms with Gasteiger partial charge in [-0.05, 0) is 62.6 Å². The normalized spacial score (nSPS) is 15.4. The molecule has 154 valence electrons. The predicted octanol–water partition coefficient (Wildman–Crippen LogP) is 4.01. The smallest absolute Gasteiger partial charge is 0.191 e. The summed E-state index contributed by atoms with van der Waals surface area (Å²) in [6.45, 7) is 8.25. The molecule has 0 bridgehead atoms. The minimum atomic E-state index is 0. The van der Waals surface area contributed by atoms with Crippen LogP contribution < -0.4 is 15.4 Å². The predicted molar refractivity (Wildman–Crippen MR) is 123 cm³/mol. The molecule has 1 fully saturated rings. The molecule has 1 aromatic rings. The Balaban J connectivity index is 0.00000364. The Kier molecular flexibility index (Phi) is 11.7. The third-order valence-electron chi connectivity index (χ3n) is 5.08. The first-order chi connectivity index (χ1) is 12.7. The molecule has 1 aliphatic rings. The number of hydrogen-bond donors (Lipinski definition) is 2. The molecule has 6 heteroatoms. The fourth-order valence-corrected chi connectivity index (χ4v) is 3.35. The van der Waals surface area contributed by atoms with Crippen molar-refractivity contribution < 1.29 is 9.47 Å². The molecule has 0 amide bonds. The van der Waals surface area contributed by atoms with Gasteiger partial charge in [-0.25, -0.2) is 0 Å². The monoisotopic (exact) mass is 489 g/mol. The Morgan fingerprint density at radius 2 is 2.04 bits per heavy atom. The van der Waals surface area contributed by atoms with Crippen molar-refractivity contribution in [1.82, 2.24) is 10.6 Å². The van der Waals surface area contributed by atoms with Gasteiger partial charge < -0.3 is 20.1 Å². The molecule has 0 atom stereocenters. The van der Waals surface area contributed by atoms with Crippen molar-refractivity contribution >= 4 is 29.9 Å². The number of halogens is 1. The van der Waals surface area contributed by atoms with E-state index in [0.29, 0.717) is 12.0 Å². The van der Waals surface area contributed by atoms with Gasteiger partial charge in [0, 0.05) is 33.4 Å². The molecule has 2 rings (SSSR count). The Morgan fingerprint density at radius 3 is 2.67 bits per heavy atom. The van der Waals surface area contributed by atoms with Crippen molar-refractivity contribution in [2.45, 2.75) is 46.0 Å². The topological polar surface area (TPSA) is 54.9 Å². The van der Waals surface area contributed by atoms with Crippen LogP contribution in [0.4, 0.5) is 0 Å². The molecule has 1 aromatic carbocycles. The summed E-state index contributed by atoms with van der Waals surface area (Å²) >= 11 is 0. The minimum Gasteiger partial charge on any atom is -0.494 e. The van der Waals surface area contributed by atoms with Crippen molar-refractivity contribution in [3.63, 3.8) is 0 Å². The van der Waals surface area contributed by atoms with Gasteiger partial charge in [0.2, 0.25) is 0 Å². The van der Waals surface area contributed by atoms with E-state index in [1.807, 2.05) is 13.0 Å². The second kappa shape index (κ2) is 13.2. The molecule has 27 heavy (non-hydrogen) atoms. The lowest BCUT2D eigenvalue weighted by molar-refractivity contribution is 0.0778. The molecule has 0 saturated heterocycles. The van der Waals surface area contributed by atoms with E-state index in [0.717, 1.165) is 50.8 Å². The average Bonchev–Trinajstić information content (AvgIpc) is 2.61. The van der Waals surface area contributed by atoms with Crippen LogP contribution in [0.2, 0.25) is 0 Å². The van der Waals surface area contributed by atoms with Crippen molar-refractivity contribution in [2.24, 2.45) is 10.4 Å². The van der Waals surface area contributed by atoms with Crippen LogP contribution in [0.3, 0.4) is 0 Å². The first-order valence-electron chi connectivity index (χ1n) is 9.94. The summed E-state index contributed by atoms with van der Waals surface area (Å²) in [5.74, 6) is 1.85. The minimum absolute atomic E-state index is 0. The number of rotatable bonds is 11. The van der Waals surface area contributed by atoms with Crippen LogP contribution in [0, 0.1) is 5.41 Å². The summed E-state index contributed by atoms with van der Waals surface area (Å²) in [6.07, 6.45) is 5.91. The number of ether oxygens (including phenoxy) is 2. The summed E-state index contributed by atoms with van der Waals surface area (Å²) in [5.41, 5.74) is 1.62. The van der Waals surface area contributed by atoms with Crippen LogP contribution in [0.15, 0.2) is 29.3 Å².